The van der Waals surface area contributed by atoms with Crippen LogP contribution in [0, 0.1) is 0 Å². The molecule has 58 heavy (non-hydrogen) atoms. The van der Waals surface area contributed by atoms with E-state index in [9.17, 15) is 0 Å². The molecule has 0 atom stereocenters. The van der Waals surface area contributed by atoms with Crippen molar-refractivity contribution in [3.05, 3.63) is 241 Å². The molecule has 0 radical (unpaired) electrons. The molecule has 1 aromatic heterocycles. The van der Waals surface area contributed by atoms with Gasteiger partial charge < -0.3 is 14.2 Å². The van der Waals surface area contributed by atoms with Crippen LogP contribution in [-0.2, 0) is 5.41 Å². The van der Waals surface area contributed by atoms with Crippen LogP contribution in [-0.4, -0.2) is 0 Å². The number of anilines is 6. The van der Waals surface area contributed by atoms with E-state index in [-0.39, 0.29) is 0 Å². The lowest BCUT2D eigenvalue weighted by Crippen LogP contribution is -2.29. The summed E-state index contributed by atoms with van der Waals surface area (Å²) in [5, 5.41) is 2.25. The van der Waals surface area contributed by atoms with E-state index in [2.05, 4.69) is 228 Å². The van der Waals surface area contributed by atoms with E-state index in [4.69, 9.17) is 4.42 Å². The van der Waals surface area contributed by atoms with Gasteiger partial charge in [0.2, 0.25) is 0 Å². The van der Waals surface area contributed by atoms with Crippen molar-refractivity contribution in [3.8, 4) is 22.3 Å². The molecule has 272 valence electrons. The van der Waals surface area contributed by atoms with Gasteiger partial charge in [0.1, 0.15) is 0 Å². The van der Waals surface area contributed by atoms with Gasteiger partial charge >= 0.3 is 0 Å². The van der Waals surface area contributed by atoms with Crippen LogP contribution in [0.3, 0.4) is 0 Å². The van der Waals surface area contributed by atoms with E-state index >= 15 is 0 Å². The Bertz CT molecular complexity index is 3050. The summed E-state index contributed by atoms with van der Waals surface area (Å²) in [6, 6.07) is 78.9. The quantitative estimate of drug-likeness (QED) is 0.169. The first kappa shape index (κ1) is 32.6. The summed E-state index contributed by atoms with van der Waals surface area (Å²) in [4.78, 5) is 4.67. The highest BCUT2D eigenvalue weighted by Gasteiger charge is 2.50. The van der Waals surface area contributed by atoms with Crippen molar-refractivity contribution in [2.45, 2.75) is 5.41 Å². The first-order valence-electron chi connectivity index (χ1n) is 19.9. The number of nitrogens with zero attached hydrogens (tertiary/aromatic N) is 2. The highest BCUT2D eigenvalue weighted by Crippen LogP contribution is 2.63. The summed E-state index contributed by atoms with van der Waals surface area (Å²) in [6.45, 7) is 0. The maximum absolute atomic E-state index is 7.63. The van der Waals surface area contributed by atoms with Crippen LogP contribution in [0.5, 0.6) is 0 Å². The van der Waals surface area contributed by atoms with Crippen LogP contribution in [0.2, 0.25) is 0 Å². The van der Waals surface area contributed by atoms with Crippen LogP contribution in [0.4, 0.5) is 34.1 Å². The molecule has 9 aromatic carbocycles. The van der Waals surface area contributed by atoms with Gasteiger partial charge in [0.05, 0.1) is 16.8 Å². The zero-order valence-electron chi connectivity index (χ0n) is 31.6. The maximum atomic E-state index is 7.63. The predicted octanol–water partition coefficient (Wildman–Crippen LogP) is 14.9. The molecule has 12 rings (SSSR count). The molecule has 0 saturated carbocycles. The topological polar surface area (TPSA) is 19.6 Å². The molecule has 3 nitrogen and oxygen atoms in total. The van der Waals surface area contributed by atoms with Crippen molar-refractivity contribution in [1.29, 1.82) is 0 Å². The fourth-order valence-corrected chi connectivity index (χ4v) is 10.0. The summed E-state index contributed by atoms with van der Waals surface area (Å²) in [5.74, 6) is 0. The molecular weight excluding hydrogens is 705 g/mol. The van der Waals surface area contributed by atoms with Crippen molar-refractivity contribution >= 4 is 56.1 Å². The molecule has 2 aliphatic rings. The first-order valence-corrected chi connectivity index (χ1v) is 19.9. The minimum absolute atomic E-state index is 0.612. The van der Waals surface area contributed by atoms with E-state index < -0.39 is 5.41 Å². The lowest BCUT2D eigenvalue weighted by Gasteiger charge is -2.35. The SMILES string of the molecule is c1ccc(N(c2ccccc2)c2ccc3c4c2oc2c(N(c5ccccc5)c5ccccc5)ccc(c24)C2(c4ccccc4-c4ccccc42)c2ccccc2-3)cc1. The van der Waals surface area contributed by atoms with Gasteiger partial charge in [-0.05, 0) is 105 Å². The maximum Gasteiger partial charge on any atom is 0.160 e. The van der Waals surface area contributed by atoms with Crippen LogP contribution in [0.15, 0.2) is 223 Å². The van der Waals surface area contributed by atoms with Crippen LogP contribution >= 0.6 is 0 Å². The van der Waals surface area contributed by atoms with Crippen molar-refractivity contribution in [2.24, 2.45) is 0 Å². The molecule has 0 amide bonds. The molecule has 0 fully saturated rings. The van der Waals surface area contributed by atoms with E-state index in [1.165, 1.54) is 38.9 Å². The Morgan fingerprint density at radius 1 is 0.276 bits per heavy atom. The molecule has 3 heteroatoms. The molecule has 0 aliphatic heterocycles. The summed E-state index contributed by atoms with van der Waals surface area (Å²) in [7, 11) is 0. The molecule has 2 aliphatic carbocycles. The summed E-state index contributed by atoms with van der Waals surface area (Å²) < 4.78 is 7.63. The van der Waals surface area contributed by atoms with Crippen molar-refractivity contribution in [1.82, 2.24) is 0 Å². The number of furan rings is 1. The molecule has 1 heterocycles. The van der Waals surface area contributed by atoms with Crippen molar-refractivity contribution < 1.29 is 4.42 Å². The summed E-state index contributed by atoms with van der Waals surface area (Å²) in [6.07, 6.45) is 0. The number of hydrogen-bond acceptors (Lipinski definition) is 3. The zero-order valence-corrected chi connectivity index (χ0v) is 31.6. The Kier molecular flexibility index (Phi) is 7.14. The Balaban J connectivity index is 1.29. The van der Waals surface area contributed by atoms with Crippen LogP contribution < -0.4 is 9.80 Å². The zero-order chi connectivity index (χ0) is 38.2. The van der Waals surface area contributed by atoms with Gasteiger partial charge in [-0.1, -0.05) is 158 Å². The summed E-state index contributed by atoms with van der Waals surface area (Å²) in [5.41, 5.74) is 17.3. The Morgan fingerprint density at radius 3 is 1.05 bits per heavy atom. The van der Waals surface area contributed by atoms with Gasteiger partial charge in [0.15, 0.2) is 11.2 Å². The van der Waals surface area contributed by atoms with E-state index in [0.717, 1.165) is 61.6 Å². The monoisotopic (exact) mass is 740 g/mol. The lowest BCUT2D eigenvalue weighted by molar-refractivity contribution is 0.667. The van der Waals surface area contributed by atoms with Gasteiger partial charge in [0, 0.05) is 33.5 Å². The molecule has 0 unspecified atom stereocenters. The number of benzene rings is 9. The average molecular weight is 741 g/mol. The second-order valence-corrected chi connectivity index (χ2v) is 15.2. The average Bonchev–Trinajstić information content (AvgIpc) is 3.81. The van der Waals surface area contributed by atoms with E-state index in [1.54, 1.807) is 0 Å². The number of para-hydroxylation sites is 4. The van der Waals surface area contributed by atoms with E-state index in [0.29, 0.717) is 0 Å². The summed E-state index contributed by atoms with van der Waals surface area (Å²) >= 11 is 0. The molecule has 0 bridgehead atoms. The highest BCUT2D eigenvalue weighted by atomic mass is 16.3. The largest absolute Gasteiger partial charge is 0.452 e. The molecule has 0 saturated heterocycles. The van der Waals surface area contributed by atoms with E-state index in [1.807, 2.05) is 0 Å². The fraction of sp³-hybridized carbons (Fsp3) is 0.0182. The lowest BCUT2D eigenvalue weighted by atomic mass is 9.66. The van der Waals surface area contributed by atoms with Gasteiger partial charge in [-0.2, -0.15) is 0 Å². The first-order chi connectivity index (χ1) is 28.8. The third-order valence-electron chi connectivity index (χ3n) is 12.2. The Labute approximate surface area is 337 Å². The molecule has 0 N–H and O–H groups in total. The molecule has 10 aromatic rings. The van der Waals surface area contributed by atoms with Gasteiger partial charge in [-0.15, -0.1) is 0 Å². The van der Waals surface area contributed by atoms with Crippen molar-refractivity contribution in [2.75, 3.05) is 9.80 Å². The predicted molar refractivity (Wildman–Crippen MR) is 239 cm³/mol. The number of hydrogen-bond donors (Lipinski definition) is 0. The second-order valence-electron chi connectivity index (χ2n) is 15.2. The normalized spacial score (nSPS) is 13.0. The van der Waals surface area contributed by atoms with Crippen LogP contribution in [0.25, 0.3) is 44.2 Å². The standard InChI is InChI=1S/C55H36N2O/c1-5-19-37(20-6-1)56(38-21-7-2-8-22-38)49-35-33-44-43-29-15-18-32-47(43)55(45-30-16-13-27-41(45)42-28-14-17-31-46(42)55)48-34-36-50(54-52(48)51(44)53(49)58-54)57(39-23-9-3-10-24-39)40-25-11-4-12-26-40/h1-36H. The molecule has 1 spiro atoms. The van der Waals surface area contributed by atoms with Gasteiger partial charge in [0.25, 0.3) is 0 Å². The Morgan fingerprint density at radius 2 is 0.621 bits per heavy atom. The number of rotatable bonds is 6. The van der Waals surface area contributed by atoms with Gasteiger partial charge in [-0.3, -0.25) is 0 Å². The number of fused-ring (bicyclic) bond motifs is 9. The highest BCUT2D eigenvalue weighted by molar-refractivity contribution is 6.22. The van der Waals surface area contributed by atoms with Gasteiger partial charge in [-0.25, -0.2) is 0 Å². The minimum Gasteiger partial charge on any atom is -0.452 e. The van der Waals surface area contributed by atoms with Crippen LogP contribution in [0.1, 0.15) is 22.3 Å². The molecular formula is C55H36N2O. The smallest absolute Gasteiger partial charge is 0.160 e. The fourth-order valence-electron chi connectivity index (χ4n) is 10.0. The third kappa shape index (κ3) is 4.50. The minimum atomic E-state index is -0.612. The third-order valence-corrected chi connectivity index (χ3v) is 12.2. The Hall–Kier alpha value is -7.62. The second kappa shape index (κ2) is 12.7. The van der Waals surface area contributed by atoms with Crippen molar-refractivity contribution in [3.63, 3.8) is 0 Å².